The molecule has 1 aromatic rings. The normalized spacial score (nSPS) is 22.3. The summed E-state index contributed by atoms with van der Waals surface area (Å²) in [4.78, 5) is 27.5. The molecule has 2 unspecified atom stereocenters. The van der Waals surface area contributed by atoms with Gasteiger partial charge in [0.2, 0.25) is 0 Å². The van der Waals surface area contributed by atoms with Crippen LogP contribution in [0.4, 0.5) is 0 Å². The molecule has 1 aliphatic rings. The van der Waals surface area contributed by atoms with Gasteiger partial charge in [-0.25, -0.2) is 0 Å². The van der Waals surface area contributed by atoms with Gasteiger partial charge in [0.25, 0.3) is 5.91 Å². The van der Waals surface area contributed by atoms with Crippen molar-refractivity contribution in [1.82, 2.24) is 4.90 Å². The van der Waals surface area contributed by atoms with Crippen molar-refractivity contribution in [2.75, 3.05) is 6.54 Å². The monoisotopic (exact) mass is 309 g/mol. The lowest BCUT2D eigenvalue weighted by Gasteiger charge is -2.36. The van der Waals surface area contributed by atoms with Gasteiger partial charge in [-0.3, -0.25) is 9.59 Å². The molecular formula is C16H23NO3S. The molecule has 0 saturated carbocycles. The Morgan fingerprint density at radius 3 is 2.76 bits per heavy atom. The Morgan fingerprint density at radius 2 is 2.14 bits per heavy atom. The Balaban J connectivity index is 2.17. The maximum absolute atomic E-state index is 12.7. The average Bonchev–Trinajstić information content (AvgIpc) is 2.80. The zero-order valence-corrected chi connectivity index (χ0v) is 13.7. The highest BCUT2D eigenvalue weighted by Crippen LogP contribution is 2.28. The van der Waals surface area contributed by atoms with Crippen molar-refractivity contribution < 1.29 is 14.7 Å². The average molecular weight is 309 g/mol. The standard InChI is InChI=1S/C16H23NO3S/c1-4-5-12-8-14(21-11(12)3)15(18)17-9-13(16(19)20)7-6-10(17)2/h8,10,13H,4-7,9H2,1-3H3,(H,19,20). The van der Waals surface area contributed by atoms with Crippen molar-refractivity contribution in [3.63, 3.8) is 0 Å². The van der Waals surface area contributed by atoms with Crippen LogP contribution in [0.15, 0.2) is 6.07 Å². The van der Waals surface area contributed by atoms with E-state index in [-0.39, 0.29) is 11.9 Å². The van der Waals surface area contributed by atoms with Crippen molar-refractivity contribution in [3.05, 3.63) is 21.4 Å². The third-order valence-corrected chi connectivity index (χ3v) is 5.32. The highest BCUT2D eigenvalue weighted by molar-refractivity contribution is 7.14. The van der Waals surface area contributed by atoms with Crippen LogP contribution in [-0.4, -0.2) is 34.5 Å². The Morgan fingerprint density at radius 1 is 1.43 bits per heavy atom. The molecule has 2 heterocycles. The molecule has 4 nitrogen and oxygen atoms in total. The van der Waals surface area contributed by atoms with Crippen LogP contribution in [-0.2, 0) is 11.2 Å². The maximum atomic E-state index is 12.7. The summed E-state index contributed by atoms with van der Waals surface area (Å²) in [5.74, 6) is -1.24. The number of aliphatic carboxylic acids is 1. The fourth-order valence-electron chi connectivity index (χ4n) is 2.88. The summed E-state index contributed by atoms with van der Waals surface area (Å²) in [7, 11) is 0. The first-order valence-corrected chi connectivity index (χ1v) is 8.38. The number of hydrogen-bond acceptors (Lipinski definition) is 3. The second-order valence-corrected chi connectivity index (χ2v) is 7.12. The van der Waals surface area contributed by atoms with Gasteiger partial charge in [-0.05, 0) is 44.7 Å². The number of carbonyl (C=O) groups excluding carboxylic acids is 1. The molecule has 5 heteroatoms. The van der Waals surface area contributed by atoms with Crippen LogP contribution in [0.3, 0.4) is 0 Å². The molecular weight excluding hydrogens is 286 g/mol. The minimum Gasteiger partial charge on any atom is -0.481 e. The summed E-state index contributed by atoms with van der Waals surface area (Å²) in [6.07, 6.45) is 3.47. The fraction of sp³-hybridized carbons (Fsp3) is 0.625. The van der Waals surface area contributed by atoms with Gasteiger partial charge >= 0.3 is 5.97 Å². The molecule has 2 rings (SSSR count). The summed E-state index contributed by atoms with van der Waals surface area (Å²) in [5.41, 5.74) is 1.24. The molecule has 21 heavy (non-hydrogen) atoms. The lowest BCUT2D eigenvalue weighted by atomic mass is 9.93. The van der Waals surface area contributed by atoms with Gasteiger partial charge in [-0.15, -0.1) is 11.3 Å². The Bertz CT molecular complexity index is 538. The zero-order chi connectivity index (χ0) is 15.6. The molecule has 1 amide bonds. The fourth-order valence-corrected chi connectivity index (χ4v) is 3.90. The number of likely N-dealkylation sites (tertiary alicyclic amines) is 1. The molecule has 0 bridgehead atoms. The van der Waals surface area contributed by atoms with Gasteiger partial charge < -0.3 is 10.0 Å². The van der Waals surface area contributed by atoms with E-state index in [4.69, 9.17) is 0 Å². The molecule has 1 N–H and O–H groups in total. The summed E-state index contributed by atoms with van der Waals surface area (Å²) < 4.78 is 0. The van der Waals surface area contributed by atoms with Crippen LogP contribution < -0.4 is 0 Å². The molecule has 2 atom stereocenters. The number of amides is 1. The van der Waals surface area contributed by atoms with E-state index >= 15 is 0 Å². The van der Waals surface area contributed by atoms with Gasteiger partial charge in [0.05, 0.1) is 10.8 Å². The summed E-state index contributed by atoms with van der Waals surface area (Å²) in [5, 5.41) is 9.18. The first-order valence-electron chi connectivity index (χ1n) is 7.57. The molecule has 1 saturated heterocycles. The number of carboxylic acid groups (broad SMARTS) is 1. The predicted octanol–water partition coefficient (Wildman–Crippen LogP) is 3.33. The number of piperidine rings is 1. The minimum absolute atomic E-state index is 0.0103. The van der Waals surface area contributed by atoms with E-state index in [2.05, 4.69) is 6.92 Å². The largest absolute Gasteiger partial charge is 0.481 e. The lowest BCUT2D eigenvalue weighted by Crippen LogP contribution is -2.47. The highest BCUT2D eigenvalue weighted by atomic mass is 32.1. The molecule has 0 radical (unpaired) electrons. The summed E-state index contributed by atoms with van der Waals surface area (Å²) >= 11 is 1.53. The van der Waals surface area contributed by atoms with Crippen LogP contribution in [0.5, 0.6) is 0 Å². The number of nitrogens with zero attached hydrogens (tertiary/aromatic N) is 1. The SMILES string of the molecule is CCCc1cc(C(=O)N2CC(C(=O)O)CCC2C)sc1C. The molecule has 1 aromatic heterocycles. The molecule has 1 fully saturated rings. The summed E-state index contributed by atoms with van der Waals surface area (Å²) in [6.45, 7) is 6.51. The van der Waals surface area contributed by atoms with E-state index in [1.165, 1.54) is 21.8 Å². The lowest BCUT2D eigenvalue weighted by molar-refractivity contribution is -0.143. The highest BCUT2D eigenvalue weighted by Gasteiger charge is 2.33. The van der Waals surface area contributed by atoms with E-state index in [9.17, 15) is 14.7 Å². The number of rotatable bonds is 4. The van der Waals surface area contributed by atoms with Crippen LogP contribution in [0.1, 0.15) is 53.2 Å². The molecule has 0 aromatic carbocycles. The predicted molar refractivity (Wildman–Crippen MR) is 83.9 cm³/mol. The minimum atomic E-state index is -0.797. The second kappa shape index (κ2) is 6.60. The van der Waals surface area contributed by atoms with E-state index in [0.717, 1.165) is 24.1 Å². The van der Waals surface area contributed by atoms with Gasteiger partial charge in [-0.2, -0.15) is 0 Å². The number of thiophene rings is 1. The Labute approximate surface area is 129 Å². The van der Waals surface area contributed by atoms with E-state index in [1.54, 1.807) is 4.90 Å². The number of aryl methyl sites for hydroxylation is 2. The van der Waals surface area contributed by atoms with Crippen LogP contribution in [0.25, 0.3) is 0 Å². The first kappa shape index (κ1) is 16.0. The molecule has 1 aliphatic heterocycles. The second-order valence-electron chi connectivity index (χ2n) is 5.86. The van der Waals surface area contributed by atoms with Crippen molar-refractivity contribution in [3.8, 4) is 0 Å². The van der Waals surface area contributed by atoms with E-state index in [1.807, 2.05) is 19.9 Å². The van der Waals surface area contributed by atoms with Crippen LogP contribution >= 0.6 is 11.3 Å². The zero-order valence-electron chi connectivity index (χ0n) is 12.9. The molecule has 116 valence electrons. The van der Waals surface area contributed by atoms with Crippen LogP contribution in [0.2, 0.25) is 0 Å². The number of hydrogen-bond donors (Lipinski definition) is 1. The smallest absolute Gasteiger partial charge is 0.308 e. The van der Waals surface area contributed by atoms with Gasteiger partial charge in [0.1, 0.15) is 0 Å². The first-order chi connectivity index (χ1) is 9.93. The van der Waals surface area contributed by atoms with E-state index < -0.39 is 11.9 Å². The van der Waals surface area contributed by atoms with Crippen molar-refractivity contribution in [2.24, 2.45) is 5.92 Å². The molecule has 0 aliphatic carbocycles. The quantitative estimate of drug-likeness (QED) is 0.928. The number of carbonyl (C=O) groups is 2. The third kappa shape index (κ3) is 3.46. The van der Waals surface area contributed by atoms with Gasteiger partial charge in [0, 0.05) is 17.5 Å². The summed E-state index contributed by atoms with van der Waals surface area (Å²) in [6, 6.07) is 2.10. The number of carboxylic acids is 1. The van der Waals surface area contributed by atoms with Crippen LogP contribution in [0, 0.1) is 12.8 Å². The van der Waals surface area contributed by atoms with Crippen molar-refractivity contribution >= 4 is 23.2 Å². The van der Waals surface area contributed by atoms with Gasteiger partial charge in [-0.1, -0.05) is 13.3 Å². The molecule has 0 spiro atoms. The van der Waals surface area contributed by atoms with Crippen molar-refractivity contribution in [1.29, 1.82) is 0 Å². The Hall–Kier alpha value is -1.36. The Kier molecular flexibility index (Phi) is 5.04. The third-order valence-electron chi connectivity index (χ3n) is 4.24. The maximum Gasteiger partial charge on any atom is 0.308 e. The van der Waals surface area contributed by atoms with E-state index in [0.29, 0.717) is 13.0 Å². The van der Waals surface area contributed by atoms with Crippen molar-refractivity contribution in [2.45, 2.75) is 52.5 Å². The topological polar surface area (TPSA) is 57.6 Å². The van der Waals surface area contributed by atoms with Gasteiger partial charge in [0.15, 0.2) is 0 Å².